The molecule has 0 N–H and O–H groups in total. The van der Waals surface area contributed by atoms with Crippen LogP contribution in [0.5, 0.6) is 11.5 Å². The minimum absolute atomic E-state index is 0.210. The number of benzene rings is 3. The van der Waals surface area contributed by atoms with Crippen molar-refractivity contribution in [2.45, 2.75) is 13.2 Å². The van der Waals surface area contributed by atoms with E-state index in [0.29, 0.717) is 28.0 Å². The van der Waals surface area contributed by atoms with Gasteiger partial charge in [0.15, 0.2) is 11.5 Å². The summed E-state index contributed by atoms with van der Waals surface area (Å²) in [5.74, 6) is 0.833. The molecular formula is C25H18BrClINO4S. The summed E-state index contributed by atoms with van der Waals surface area (Å²) in [4.78, 5) is 27.1. The number of thioether (sulfide) groups is 1. The van der Waals surface area contributed by atoms with Crippen LogP contribution in [0.15, 0.2) is 70.0 Å². The van der Waals surface area contributed by atoms with Crippen molar-refractivity contribution in [1.29, 1.82) is 0 Å². The second kappa shape index (κ2) is 11.2. The number of nitrogens with zero attached hydrogens (tertiary/aromatic N) is 1. The van der Waals surface area contributed by atoms with Gasteiger partial charge in [0.05, 0.1) is 22.1 Å². The fourth-order valence-electron chi connectivity index (χ4n) is 3.28. The van der Waals surface area contributed by atoms with E-state index in [1.54, 1.807) is 19.3 Å². The van der Waals surface area contributed by atoms with Crippen LogP contribution >= 0.6 is 61.9 Å². The second-order valence-electron chi connectivity index (χ2n) is 7.31. The van der Waals surface area contributed by atoms with Crippen molar-refractivity contribution in [3.05, 3.63) is 95.3 Å². The van der Waals surface area contributed by atoms with Crippen LogP contribution in [0.1, 0.15) is 16.7 Å². The van der Waals surface area contributed by atoms with Gasteiger partial charge in [-0.2, -0.15) is 0 Å². The molecule has 0 saturated carbocycles. The SMILES string of the molecule is COc1cc(/C=C2\SC(=O)N(Cc3ccccc3Br)C2=O)cc(I)c1OCc1ccc(Cl)cc1. The topological polar surface area (TPSA) is 55.8 Å². The number of carbonyl (C=O) groups is 2. The number of carbonyl (C=O) groups excluding carboxylic acids is 2. The number of halogens is 3. The smallest absolute Gasteiger partial charge is 0.293 e. The lowest BCUT2D eigenvalue weighted by molar-refractivity contribution is -0.123. The van der Waals surface area contributed by atoms with Crippen molar-refractivity contribution in [3.63, 3.8) is 0 Å². The zero-order chi connectivity index (χ0) is 24.2. The van der Waals surface area contributed by atoms with Crippen molar-refractivity contribution >= 4 is 79.1 Å². The monoisotopic (exact) mass is 669 g/mol. The number of hydrogen-bond donors (Lipinski definition) is 0. The van der Waals surface area contributed by atoms with Gasteiger partial charge in [-0.25, -0.2) is 0 Å². The Bertz CT molecular complexity index is 1280. The number of methoxy groups -OCH3 is 1. The third-order valence-corrected chi connectivity index (χ3v) is 7.74. The molecule has 0 unspecified atom stereocenters. The lowest BCUT2D eigenvalue weighted by Gasteiger charge is -2.14. The highest BCUT2D eigenvalue weighted by atomic mass is 127. The molecule has 1 heterocycles. The lowest BCUT2D eigenvalue weighted by Crippen LogP contribution is -2.27. The highest BCUT2D eigenvalue weighted by molar-refractivity contribution is 14.1. The van der Waals surface area contributed by atoms with Gasteiger partial charge in [-0.1, -0.05) is 57.9 Å². The van der Waals surface area contributed by atoms with Crippen LogP contribution in [0.25, 0.3) is 6.08 Å². The van der Waals surface area contributed by atoms with Gasteiger partial charge in [0.25, 0.3) is 11.1 Å². The quantitative estimate of drug-likeness (QED) is 0.192. The van der Waals surface area contributed by atoms with Gasteiger partial charge in [-0.05, 0) is 87.5 Å². The van der Waals surface area contributed by atoms with E-state index in [1.165, 1.54) is 4.90 Å². The first-order valence-corrected chi connectivity index (χ1v) is 13.2. The maximum Gasteiger partial charge on any atom is 0.293 e. The van der Waals surface area contributed by atoms with Crippen molar-refractivity contribution in [1.82, 2.24) is 4.90 Å². The predicted octanol–water partition coefficient (Wildman–Crippen LogP) is 7.53. The van der Waals surface area contributed by atoms with Crippen LogP contribution in [0.4, 0.5) is 4.79 Å². The molecule has 0 atom stereocenters. The average molecular weight is 671 g/mol. The molecular weight excluding hydrogens is 653 g/mol. The highest BCUT2D eigenvalue weighted by Gasteiger charge is 2.35. The van der Waals surface area contributed by atoms with Gasteiger partial charge in [-0.3, -0.25) is 14.5 Å². The van der Waals surface area contributed by atoms with Crippen LogP contribution in [-0.2, 0) is 17.9 Å². The first-order chi connectivity index (χ1) is 16.4. The first-order valence-electron chi connectivity index (χ1n) is 10.1. The Labute approximate surface area is 228 Å². The molecule has 0 aliphatic carbocycles. The van der Waals surface area contributed by atoms with E-state index in [4.69, 9.17) is 21.1 Å². The maximum absolute atomic E-state index is 13.0. The summed E-state index contributed by atoms with van der Waals surface area (Å²) in [7, 11) is 1.57. The van der Waals surface area contributed by atoms with E-state index in [9.17, 15) is 9.59 Å². The molecule has 34 heavy (non-hydrogen) atoms. The molecule has 0 spiro atoms. The van der Waals surface area contributed by atoms with Crippen LogP contribution < -0.4 is 9.47 Å². The fraction of sp³-hybridized carbons (Fsp3) is 0.120. The molecule has 1 aliphatic rings. The van der Waals surface area contributed by atoms with Crippen LogP contribution in [0.3, 0.4) is 0 Å². The van der Waals surface area contributed by atoms with E-state index in [2.05, 4.69) is 38.5 Å². The Morgan fingerprint density at radius 1 is 1.12 bits per heavy atom. The van der Waals surface area contributed by atoms with Crippen molar-refractivity contribution in [3.8, 4) is 11.5 Å². The van der Waals surface area contributed by atoms with E-state index in [0.717, 1.165) is 36.5 Å². The Hall–Kier alpha value is -2.01. The summed E-state index contributed by atoms with van der Waals surface area (Å²) < 4.78 is 13.2. The molecule has 5 nitrogen and oxygen atoms in total. The first kappa shape index (κ1) is 25.1. The number of ether oxygens (including phenoxy) is 2. The van der Waals surface area contributed by atoms with Crippen LogP contribution in [0.2, 0.25) is 5.02 Å². The Morgan fingerprint density at radius 2 is 1.85 bits per heavy atom. The fourth-order valence-corrected chi connectivity index (χ4v) is 5.44. The summed E-state index contributed by atoms with van der Waals surface area (Å²) in [5.41, 5.74) is 2.58. The molecule has 1 saturated heterocycles. The van der Waals surface area contributed by atoms with Crippen molar-refractivity contribution in [2.24, 2.45) is 0 Å². The molecule has 0 aromatic heterocycles. The second-order valence-corrected chi connectivity index (χ2v) is 10.8. The van der Waals surface area contributed by atoms with Gasteiger partial charge < -0.3 is 9.47 Å². The van der Waals surface area contributed by atoms with Gasteiger partial charge >= 0.3 is 0 Å². The molecule has 0 bridgehead atoms. The normalized spacial score (nSPS) is 14.7. The zero-order valence-corrected chi connectivity index (χ0v) is 23.2. The van der Waals surface area contributed by atoms with Crippen molar-refractivity contribution < 1.29 is 19.1 Å². The number of rotatable bonds is 7. The Kier molecular flexibility index (Phi) is 8.23. The molecule has 4 rings (SSSR count). The minimum atomic E-state index is -0.317. The average Bonchev–Trinajstić information content (AvgIpc) is 3.07. The summed E-state index contributed by atoms with van der Waals surface area (Å²) in [6.07, 6.45) is 1.71. The van der Waals surface area contributed by atoms with Crippen molar-refractivity contribution in [2.75, 3.05) is 7.11 Å². The lowest BCUT2D eigenvalue weighted by atomic mass is 10.1. The summed E-state index contributed by atoms with van der Waals surface area (Å²) in [6.45, 7) is 0.568. The van der Waals surface area contributed by atoms with Gasteiger partial charge in [-0.15, -0.1) is 0 Å². The summed E-state index contributed by atoms with van der Waals surface area (Å²) in [5, 5.41) is 0.373. The molecule has 0 radical (unpaired) electrons. The molecule has 1 aliphatic heterocycles. The van der Waals surface area contributed by atoms with Crippen LogP contribution in [-0.4, -0.2) is 23.2 Å². The minimum Gasteiger partial charge on any atom is -0.493 e. The molecule has 3 aromatic carbocycles. The number of imide groups is 1. The standard InChI is InChI=1S/C25H18BrClINO4S/c1-32-21-11-16(10-20(28)23(21)33-14-15-6-8-18(27)9-7-15)12-22-24(30)29(25(31)34-22)13-17-4-2-3-5-19(17)26/h2-12H,13-14H2,1H3/b22-12-. The number of amides is 2. The maximum atomic E-state index is 13.0. The molecule has 2 amide bonds. The van der Waals surface area contributed by atoms with Crippen LogP contribution in [0, 0.1) is 3.57 Å². The summed E-state index contributed by atoms with van der Waals surface area (Å²) >= 11 is 12.5. The van der Waals surface area contributed by atoms with Gasteiger partial charge in [0.2, 0.25) is 0 Å². The Morgan fingerprint density at radius 3 is 2.56 bits per heavy atom. The molecule has 1 fully saturated rings. The Balaban J connectivity index is 1.53. The zero-order valence-electron chi connectivity index (χ0n) is 17.9. The predicted molar refractivity (Wildman–Crippen MR) is 147 cm³/mol. The highest BCUT2D eigenvalue weighted by Crippen LogP contribution is 2.38. The number of hydrogen-bond acceptors (Lipinski definition) is 5. The largest absolute Gasteiger partial charge is 0.493 e. The van der Waals surface area contributed by atoms with E-state index < -0.39 is 0 Å². The van der Waals surface area contributed by atoms with E-state index in [-0.39, 0.29) is 17.7 Å². The third-order valence-electron chi connectivity index (χ3n) is 5.01. The van der Waals surface area contributed by atoms with E-state index in [1.807, 2.05) is 54.6 Å². The molecule has 9 heteroatoms. The van der Waals surface area contributed by atoms with Gasteiger partial charge in [0, 0.05) is 9.50 Å². The van der Waals surface area contributed by atoms with E-state index >= 15 is 0 Å². The summed E-state index contributed by atoms with van der Waals surface area (Å²) in [6, 6.07) is 18.6. The third kappa shape index (κ3) is 5.79. The molecule has 174 valence electrons. The van der Waals surface area contributed by atoms with Gasteiger partial charge in [0.1, 0.15) is 6.61 Å². The molecule has 3 aromatic rings.